The first-order valence-electron chi connectivity index (χ1n) is 11.4. The number of thioether (sulfide) groups is 1. The van der Waals surface area contributed by atoms with Gasteiger partial charge in [0.25, 0.3) is 5.22 Å². The van der Waals surface area contributed by atoms with Crippen molar-refractivity contribution in [1.82, 2.24) is 10.2 Å². The average molecular weight is 426 g/mol. The first kappa shape index (κ1) is 20.1. The normalized spacial score (nSPS) is 30.4. The highest BCUT2D eigenvalue weighted by Crippen LogP contribution is 2.60. The number of benzene rings is 1. The number of rotatable bonds is 7. The van der Waals surface area contributed by atoms with E-state index in [4.69, 9.17) is 4.42 Å². The van der Waals surface area contributed by atoms with Gasteiger partial charge >= 0.3 is 0 Å². The Kier molecular flexibility index (Phi) is 5.38. The summed E-state index contributed by atoms with van der Waals surface area (Å²) in [7, 11) is 0. The number of anilines is 1. The molecule has 1 atom stereocenters. The number of nitrogens with zero attached hydrogens (tertiary/aromatic N) is 2. The van der Waals surface area contributed by atoms with Crippen LogP contribution in [0.25, 0.3) is 0 Å². The molecule has 1 aromatic heterocycles. The summed E-state index contributed by atoms with van der Waals surface area (Å²) < 4.78 is 6.11. The molecule has 4 saturated carbocycles. The molecule has 4 aliphatic rings. The molecule has 0 unspecified atom stereocenters. The van der Waals surface area contributed by atoms with Crippen molar-refractivity contribution in [2.24, 2.45) is 17.8 Å². The third-order valence-electron chi connectivity index (χ3n) is 7.60. The maximum atomic E-state index is 12.6. The lowest BCUT2D eigenvalue weighted by Gasteiger charge is -2.55. The van der Waals surface area contributed by atoms with E-state index in [1.54, 1.807) is 0 Å². The molecule has 1 N–H and O–H groups in total. The van der Waals surface area contributed by atoms with Gasteiger partial charge in [-0.3, -0.25) is 4.79 Å². The summed E-state index contributed by atoms with van der Waals surface area (Å²) in [4.78, 5) is 12.6. The van der Waals surface area contributed by atoms with Gasteiger partial charge in [0.05, 0.1) is 5.75 Å². The van der Waals surface area contributed by atoms with Crippen LogP contribution in [0.4, 0.5) is 5.69 Å². The van der Waals surface area contributed by atoms with Gasteiger partial charge in [0, 0.05) is 11.1 Å². The van der Waals surface area contributed by atoms with Gasteiger partial charge in [-0.2, -0.15) is 0 Å². The van der Waals surface area contributed by atoms with Crippen molar-refractivity contribution in [1.29, 1.82) is 0 Å². The first-order valence-corrected chi connectivity index (χ1v) is 12.4. The Hall–Kier alpha value is -1.82. The summed E-state index contributed by atoms with van der Waals surface area (Å²) in [5.41, 5.74) is 2.19. The Bertz CT molecular complexity index is 889. The van der Waals surface area contributed by atoms with Crippen LogP contribution >= 0.6 is 11.8 Å². The number of carbonyl (C=O) groups excluding carboxylic acids is 1. The molecule has 30 heavy (non-hydrogen) atoms. The van der Waals surface area contributed by atoms with Crippen molar-refractivity contribution >= 4 is 23.4 Å². The molecule has 0 spiro atoms. The summed E-state index contributed by atoms with van der Waals surface area (Å²) in [6, 6.07) is 8.05. The lowest BCUT2D eigenvalue weighted by Crippen LogP contribution is -2.48. The lowest BCUT2D eigenvalue weighted by atomic mass is 9.49. The van der Waals surface area contributed by atoms with Gasteiger partial charge in [-0.1, -0.05) is 43.8 Å². The number of hydrogen-bond donors (Lipinski definition) is 1. The Morgan fingerprint density at radius 2 is 1.83 bits per heavy atom. The topological polar surface area (TPSA) is 68.0 Å². The molecule has 1 amide bonds. The van der Waals surface area contributed by atoms with Crippen molar-refractivity contribution in [3.05, 3.63) is 35.7 Å². The first-order chi connectivity index (χ1) is 14.5. The monoisotopic (exact) mass is 425 g/mol. The van der Waals surface area contributed by atoms with Crippen molar-refractivity contribution in [3.8, 4) is 0 Å². The van der Waals surface area contributed by atoms with E-state index < -0.39 is 0 Å². The van der Waals surface area contributed by atoms with Gasteiger partial charge in [-0.25, -0.2) is 0 Å². The summed E-state index contributed by atoms with van der Waals surface area (Å²) in [5.74, 6) is 4.00. The maximum absolute atomic E-state index is 12.6. The van der Waals surface area contributed by atoms with Gasteiger partial charge in [0.15, 0.2) is 0 Å². The molecule has 6 rings (SSSR count). The molecule has 160 valence electrons. The molecule has 0 radical (unpaired) electrons. The summed E-state index contributed by atoms with van der Waals surface area (Å²) >= 11 is 1.34. The predicted molar refractivity (Wildman–Crippen MR) is 119 cm³/mol. The summed E-state index contributed by atoms with van der Waals surface area (Å²) in [6.07, 6.45) is 8.85. The van der Waals surface area contributed by atoms with Crippen molar-refractivity contribution < 1.29 is 9.21 Å². The number of aromatic nitrogens is 2. The zero-order valence-electron chi connectivity index (χ0n) is 17.9. The Morgan fingerprint density at radius 3 is 2.50 bits per heavy atom. The maximum Gasteiger partial charge on any atom is 0.277 e. The molecule has 1 aromatic carbocycles. The van der Waals surface area contributed by atoms with Crippen LogP contribution in [0.3, 0.4) is 0 Å². The number of nitrogens with one attached hydrogen (secondary N) is 1. The highest BCUT2D eigenvalue weighted by molar-refractivity contribution is 7.99. The van der Waals surface area contributed by atoms with Crippen molar-refractivity contribution in [3.63, 3.8) is 0 Å². The Balaban J connectivity index is 1.21. The second kappa shape index (κ2) is 8.03. The number of hydrogen-bond acceptors (Lipinski definition) is 5. The van der Waals surface area contributed by atoms with Crippen LogP contribution in [-0.2, 0) is 10.2 Å². The van der Waals surface area contributed by atoms with Gasteiger partial charge in [-0.05, 0) is 80.2 Å². The molecule has 2 aromatic rings. The minimum Gasteiger partial charge on any atom is -0.415 e. The highest BCUT2D eigenvalue weighted by atomic mass is 32.2. The van der Waals surface area contributed by atoms with Crippen LogP contribution in [0.5, 0.6) is 0 Å². The van der Waals surface area contributed by atoms with E-state index in [2.05, 4.69) is 35.4 Å². The number of carbonyl (C=O) groups is 1. The number of para-hydroxylation sites is 1. The van der Waals surface area contributed by atoms with E-state index in [1.165, 1.54) is 55.9 Å². The van der Waals surface area contributed by atoms with Crippen LogP contribution in [0, 0.1) is 17.8 Å². The smallest absolute Gasteiger partial charge is 0.277 e. The molecule has 1 heterocycles. The van der Waals surface area contributed by atoms with Crippen LogP contribution in [-0.4, -0.2) is 21.9 Å². The van der Waals surface area contributed by atoms with Gasteiger partial charge < -0.3 is 9.73 Å². The van der Waals surface area contributed by atoms with Crippen LogP contribution in [0.15, 0.2) is 33.9 Å². The quantitative estimate of drug-likeness (QED) is 0.569. The summed E-state index contributed by atoms with van der Waals surface area (Å²) in [5, 5.41) is 12.3. The molecule has 4 bridgehead atoms. The third-order valence-corrected chi connectivity index (χ3v) is 8.42. The fourth-order valence-corrected chi connectivity index (χ4v) is 6.99. The highest BCUT2D eigenvalue weighted by Gasteiger charge is 2.54. The fraction of sp³-hybridized carbons (Fsp3) is 0.625. The van der Waals surface area contributed by atoms with Crippen LogP contribution in [0.1, 0.15) is 76.2 Å². The van der Waals surface area contributed by atoms with Gasteiger partial charge in [-0.15, -0.1) is 10.2 Å². The molecule has 4 aliphatic carbocycles. The molecule has 4 fully saturated rings. The second-order valence-electron chi connectivity index (χ2n) is 9.80. The van der Waals surface area contributed by atoms with E-state index in [1.807, 2.05) is 18.2 Å². The van der Waals surface area contributed by atoms with Crippen LogP contribution in [0.2, 0.25) is 0 Å². The van der Waals surface area contributed by atoms with E-state index >= 15 is 0 Å². The molecular formula is C24H31N3O2S. The fourth-order valence-electron chi connectivity index (χ4n) is 6.43. The van der Waals surface area contributed by atoms with E-state index in [0.29, 0.717) is 11.1 Å². The second-order valence-corrected chi connectivity index (χ2v) is 10.7. The molecule has 6 heteroatoms. The van der Waals surface area contributed by atoms with Crippen LogP contribution < -0.4 is 5.32 Å². The zero-order valence-corrected chi connectivity index (χ0v) is 18.7. The Labute approximate surface area is 182 Å². The SMILES string of the molecule is CC[C@@H](C)c1ccccc1NC(=O)CSc1nnc(C23CC4CC(CC(C4)C2)C3)o1. The van der Waals surface area contributed by atoms with Gasteiger partial charge in [0.1, 0.15) is 0 Å². The Morgan fingerprint density at radius 1 is 1.17 bits per heavy atom. The zero-order chi connectivity index (χ0) is 20.7. The predicted octanol–water partition coefficient (Wildman–Crippen LogP) is 5.78. The number of amides is 1. The minimum absolute atomic E-state index is 0.0368. The molecule has 5 nitrogen and oxygen atoms in total. The van der Waals surface area contributed by atoms with Crippen molar-refractivity contribution in [2.75, 3.05) is 11.1 Å². The van der Waals surface area contributed by atoms with Gasteiger partial charge in [0.2, 0.25) is 11.8 Å². The molecular weight excluding hydrogens is 394 g/mol. The largest absolute Gasteiger partial charge is 0.415 e. The van der Waals surface area contributed by atoms with E-state index in [0.717, 1.165) is 35.8 Å². The summed E-state index contributed by atoms with van der Waals surface area (Å²) in [6.45, 7) is 4.35. The standard InChI is InChI=1S/C24H31N3O2S/c1-3-15(2)19-6-4-5-7-20(19)25-21(28)14-30-23-27-26-22(29-23)24-11-16-8-17(12-24)10-18(9-16)13-24/h4-7,15-18H,3,8-14H2,1-2H3,(H,25,28)/t15-,16?,17?,18?,24?/m1/s1. The average Bonchev–Trinajstić information content (AvgIpc) is 3.21. The van der Waals surface area contributed by atoms with E-state index in [9.17, 15) is 4.79 Å². The molecule has 0 aliphatic heterocycles. The lowest BCUT2D eigenvalue weighted by molar-refractivity contribution is -0.113. The van der Waals surface area contributed by atoms with E-state index in [-0.39, 0.29) is 17.1 Å². The molecule has 0 saturated heterocycles. The minimum atomic E-state index is -0.0368. The van der Waals surface area contributed by atoms with Crippen molar-refractivity contribution in [2.45, 2.75) is 75.3 Å². The third kappa shape index (κ3) is 3.79.